The number of benzene rings is 1. The van der Waals surface area contributed by atoms with Crippen LogP contribution in [0.25, 0.3) is 0 Å². The van der Waals surface area contributed by atoms with Crippen molar-refractivity contribution in [2.45, 2.75) is 18.9 Å². The van der Waals surface area contributed by atoms with E-state index >= 15 is 0 Å². The van der Waals surface area contributed by atoms with E-state index in [-0.39, 0.29) is 31.4 Å². The van der Waals surface area contributed by atoms with E-state index in [2.05, 4.69) is 33.0 Å². The summed E-state index contributed by atoms with van der Waals surface area (Å²) in [5.74, 6) is -0.0413. The molecule has 1 aromatic rings. The highest BCUT2D eigenvalue weighted by molar-refractivity contribution is 9.10. The molecule has 0 bridgehead atoms. The molecule has 1 atom stereocenters. The summed E-state index contributed by atoms with van der Waals surface area (Å²) in [6.45, 7) is 2.94. The molecule has 0 aromatic heterocycles. The van der Waals surface area contributed by atoms with Gasteiger partial charge in [0.2, 0.25) is 5.91 Å². The van der Waals surface area contributed by atoms with Crippen molar-refractivity contribution in [2.24, 2.45) is 0 Å². The molecule has 25 heavy (non-hydrogen) atoms. The molecule has 0 spiro atoms. The van der Waals surface area contributed by atoms with Gasteiger partial charge in [-0.05, 0) is 17.7 Å². The summed E-state index contributed by atoms with van der Waals surface area (Å²) in [4.78, 5) is 16.2. The van der Waals surface area contributed by atoms with Crippen molar-refractivity contribution in [3.05, 3.63) is 34.3 Å². The highest BCUT2D eigenvalue weighted by Crippen LogP contribution is 2.24. The Labute approximate surface area is 156 Å². The summed E-state index contributed by atoms with van der Waals surface area (Å²) in [6.07, 6.45) is 0.493. The van der Waals surface area contributed by atoms with Crippen molar-refractivity contribution in [1.82, 2.24) is 9.80 Å². The second-order valence-corrected chi connectivity index (χ2v) is 6.76. The molecule has 1 amide bonds. The van der Waals surface area contributed by atoms with Gasteiger partial charge in [0.15, 0.2) is 0 Å². The number of ether oxygens (including phenoxy) is 1. The van der Waals surface area contributed by atoms with Crippen molar-refractivity contribution in [3.8, 4) is 12.1 Å². The van der Waals surface area contributed by atoms with Crippen molar-refractivity contribution in [2.75, 3.05) is 39.3 Å². The minimum absolute atomic E-state index is 0.0413. The second kappa shape index (κ2) is 10.1. The fourth-order valence-corrected chi connectivity index (χ4v) is 3.19. The first kappa shape index (κ1) is 19.4. The van der Waals surface area contributed by atoms with Crippen LogP contribution in [0.1, 0.15) is 24.5 Å². The van der Waals surface area contributed by atoms with Crippen molar-refractivity contribution >= 4 is 21.8 Å². The van der Waals surface area contributed by atoms with Crippen LogP contribution in [-0.4, -0.2) is 55.0 Å². The predicted molar refractivity (Wildman–Crippen MR) is 96.3 cm³/mol. The molecule has 1 fully saturated rings. The maximum atomic E-state index is 12.5. The Morgan fingerprint density at radius 2 is 2.04 bits per heavy atom. The fraction of sp³-hybridized carbons (Fsp3) is 0.500. The number of hydrogen-bond donors (Lipinski definition) is 0. The lowest BCUT2D eigenvalue weighted by molar-refractivity contribution is -0.134. The Morgan fingerprint density at radius 3 is 2.68 bits per heavy atom. The third-order valence-electron chi connectivity index (χ3n) is 4.07. The standard InChI is InChI=1S/C18H21BrN4O2/c19-16-5-1-4-15(12-16)17-13-22(10-11-25-17)14-18(24)23(8-2-6-20)9-3-7-21/h1,4-5,12,17H,2-3,8-11,13-14H2. The lowest BCUT2D eigenvalue weighted by atomic mass is 10.1. The van der Waals surface area contributed by atoms with Crippen LogP contribution in [0.2, 0.25) is 0 Å². The van der Waals surface area contributed by atoms with Gasteiger partial charge in [-0.15, -0.1) is 0 Å². The lowest BCUT2D eigenvalue weighted by Crippen LogP contribution is -2.46. The number of carbonyl (C=O) groups is 1. The predicted octanol–water partition coefficient (Wildman–Crippen LogP) is 2.48. The molecule has 1 unspecified atom stereocenters. The van der Waals surface area contributed by atoms with Crippen molar-refractivity contribution in [3.63, 3.8) is 0 Å². The summed E-state index contributed by atoms with van der Waals surface area (Å²) in [5, 5.41) is 17.5. The van der Waals surface area contributed by atoms with Crippen LogP contribution in [0.3, 0.4) is 0 Å². The van der Waals surface area contributed by atoms with Gasteiger partial charge in [-0.25, -0.2) is 0 Å². The quantitative estimate of drug-likeness (QED) is 0.696. The minimum Gasteiger partial charge on any atom is -0.371 e. The number of halogens is 1. The van der Waals surface area contributed by atoms with E-state index in [4.69, 9.17) is 15.3 Å². The molecule has 1 saturated heterocycles. The molecule has 1 aliphatic heterocycles. The molecule has 0 saturated carbocycles. The van der Waals surface area contributed by atoms with E-state index in [0.29, 0.717) is 32.8 Å². The zero-order valence-corrected chi connectivity index (χ0v) is 15.6. The van der Waals surface area contributed by atoms with Crippen LogP contribution in [-0.2, 0) is 9.53 Å². The third-order valence-corrected chi connectivity index (χ3v) is 4.56. The molecule has 6 nitrogen and oxygen atoms in total. The SMILES string of the molecule is N#CCCN(CCC#N)C(=O)CN1CCOC(c2cccc(Br)c2)C1. The highest BCUT2D eigenvalue weighted by atomic mass is 79.9. The summed E-state index contributed by atoms with van der Waals surface area (Å²) < 4.78 is 6.85. The van der Waals surface area contributed by atoms with Crippen LogP contribution in [0.5, 0.6) is 0 Å². The number of carbonyl (C=O) groups excluding carboxylic acids is 1. The van der Waals surface area contributed by atoms with E-state index < -0.39 is 0 Å². The molecule has 2 rings (SSSR count). The number of hydrogen-bond acceptors (Lipinski definition) is 5. The molecule has 0 aliphatic carbocycles. The first-order valence-electron chi connectivity index (χ1n) is 8.25. The van der Waals surface area contributed by atoms with Gasteiger partial charge in [0.1, 0.15) is 0 Å². The Balaban J connectivity index is 1.94. The fourth-order valence-electron chi connectivity index (χ4n) is 2.78. The van der Waals surface area contributed by atoms with Gasteiger partial charge in [-0.1, -0.05) is 28.1 Å². The smallest absolute Gasteiger partial charge is 0.236 e. The maximum absolute atomic E-state index is 12.5. The van der Waals surface area contributed by atoms with Gasteiger partial charge in [0, 0.05) is 30.7 Å². The Kier molecular flexibility index (Phi) is 7.87. The van der Waals surface area contributed by atoms with Gasteiger partial charge < -0.3 is 9.64 Å². The second-order valence-electron chi connectivity index (χ2n) is 5.85. The average molecular weight is 405 g/mol. The highest BCUT2D eigenvalue weighted by Gasteiger charge is 2.25. The number of morpholine rings is 1. The summed E-state index contributed by atoms with van der Waals surface area (Å²) in [7, 11) is 0. The van der Waals surface area contributed by atoms with E-state index in [1.165, 1.54) is 0 Å². The van der Waals surface area contributed by atoms with Gasteiger partial charge in [-0.2, -0.15) is 10.5 Å². The molecule has 1 aromatic carbocycles. The molecular weight excluding hydrogens is 384 g/mol. The normalized spacial score (nSPS) is 17.5. The van der Waals surface area contributed by atoms with Gasteiger partial charge in [-0.3, -0.25) is 9.69 Å². The van der Waals surface area contributed by atoms with Crippen LogP contribution in [0.15, 0.2) is 28.7 Å². The Hall–Kier alpha value is -1.93. The van der Waals surface area contributed by atoms with E-state index in [9.17, 15) is 4.79 Å². The van der Waals surface area contributed by atoms with Crippen molar-refractivity contribution < 1.29 is 9.53 Å². The summed E-state index contributed by atoms with van der Waals surface area (Å²) >= 11 is 3.47. The largest absolute Gasteiger partial charge is 0.371 e. The molecule has 1 aliphatic rings. The van der Waals surface area contributed by atoms with Crippen LogP contribution < -0.4 is 0 Å². The van der Waals surface area contributed by atoms with Crippen molar-refractivity contribution in [1.29, 1.82) is 10.5 Å². The first-order valence-corrected chi connectivity index (χ1v) is 9.04. The van der Waals surface area contributed by atoms with Crippen LogP contribution in [0, 0.1) is 22.7 Å². The molecule has 132 valence electrons. The molecule has 1 heterocycles. The number of amides is 1. The van der Waals surface area contributed by atoms with Gasteiger partial charge in [0.05, 0.1) is 44.2 Å². The molecule has 0 radical (unpaired) electrons. The topological polar surface area (TPSA) is 80.4 Å². The molecule has 0 N–H and O–H groups in total. The summed E-state index contributed by atoms with van der Waals surface area (Å²) in [5.41, 5.74) is 1.08. The van der Waals surface area contributed by atoms with E-state index in [1.807, 2.05) is 24.3 Å². The van der Waals surface area contributed by atoms with Crippen LogP contribution >= 0.6 is 15.9 Å². The lowest BCUT2D eigenvalue weighted by Gasteiger charge is -2.34. The average Bonchev–Trinajstić information content (AvgIpc) is 2.62. The van der Waals surface area contributed by atoms with E-state index in [1.54, 1.807) is 4.90 Å². The first-order chi connectivity index (χ1) is 12.1. The van der Waals surface area contributed by atoms with Gasteiger partial charge in [0.25, 0.3) is 0 Å². The molecular formula is C18H21BrN4O2. The Morgan fingerprint density at radius 1 is 1.32 bits per heavy atom. The Bertz CT molecular complexity index is 650. The zero-order valence-electron chi connectivity index (χ0n) is 14.0. The minimum atomic E-state index is -0.0642. The van der Waals surface area contributed by atoms with Crippen LogP contribution in [0.4, 0.5) is 0 Å². The maximum Gasteiger partial charge on any atom is 0.236 e. The monoisotopic (exact) mass is 404 g/mol. The number of rotatable bonds is 7. The van der Waals surface area contributed by atoms with E-state index in [0.717, 1.165) is 10.0 Å². The summed E-state index contributed by atoms with van der Waals surface area (Å²) in [6, 6.07) is 12.1. The third kappa shape index (κ3) is 6.13. The van der Waals surface area contributed by atoms with Gasteiger partial charge >= 0.3 is 0 Å². The zero-order chi connectivity index (χ0) is 18.1. The number of nitrogens with zero attached hydrogens (tertiary/aromatic N) is 4. The number of nitriles is 2. The molecule has 7 heteroatoms.